The Kier molecular flexibility index (Phi) is 6.27. The molecule has 36 heavy (non-hydrogen) atoms. The van der Waals surface area contributed by atoms with Crippen molar-refractivity contribution in [3.63, 3.8) is 0 Å². The van der Waals surface area contributed by atoms with Crippen molar-refractivity contribution in [2.45, 2.75) is 25.7 Å². The van der Waals surface area contributed by atoms with E-state index in [1.807, 2.05) is 0 Å². The molecule has 0 bridgehead atoms. The highest BCUT2D eigenvalue weighted by Crippen LogP contribution is 2.56. The van der Waals surface area contributed by atoms with Crippen LogP contribution in [0, 0.1) is 34.3 Å². The van der Waals surface area contributed by atoms with E-state index in [0.717, 1.165) is 31.7 Å². The fraction of sp³-hybridized carbons (Fsp3) is 0.276. The van der Waals surface area contributed by atoms with Crippen molar-refractivity contribution in [3.05, 3.63) is 89.5 Å². The summed E-state index contributed by atoms with van der Waals surface area (Å²) in [5.41, 5.74) is 2.28. The molecular formula is C29H25F2N3O2. The number of hydrogen-bond acceptors (Lipinski definition) is 3. The second-order valence-electron chi connectivity index (χ2n) is 9.60. The minimum atomic E-state index is -0.638. The van der Waals surface area contributed by atoms with Crippen molar-refractivity contribution in [3.8, 4) is 17.2 Å². The first-order chi connectivity index (χ1) is 17.4. The van der Waals surface area contributed by atoms with Crippen molar-refractivity contribution in [2.75, 3.05) is 18.4 Å². The summed E-state index contributed by atoms with van der Waals surface area (Å²) in [6.45, 7) is 1.16. The van der Waals surface area contributed by atoms with E-state index in [0.29, 0.717) is 41.0 Å². The zero-order valence-corrected chi connectivity index (χ0v) is 19.6. The molecule has 3 aromatic rings. The molecule has 5 rings (SSSR count). The summed E-state index contributed by atoms with van der Waals surface area (Å²) in [4.78, 5) is 27.9. The van der Waals surface area contributed by atoms with Crippen molar-refractivity contribution in [1.29, 1.82) is 5.26 Å². The normalized spacial score (nSPS) is 16.8. The minimum absolute atomic E-state index is 0.0152. The van der Waals surface area contributed by atoms with E-state index in [4.69, 9.17) is 5.26 Å². The first-order valence-electron chi connectivity index (χ1n) is 12.1. The lowest BCUT2D eigenvalue weighted by Crippen LogP contribution is -2.43. The third kappa shape index (κ3) is 4.72. The number of nitrogens with zero attached hydrogens (tertiary/aromatic N) is 2. The van der Waals surface area contributed by atoms with Crippen LogP contribution in [0.15, 0.2) is 66.7 Å². The van der Waals surface area contributed by atoms with E-state index in [-0.39, 0.29) is 17.7 Å². The number of carbonyl (C=O) groups is 2. The van der Waals surface area contributed by atoms with Crippen molar-refractivity contribution in [1.82, 2.24) is 4.90 Å². The Bertz CT molecular complexity index is 1330. The van der Waals surface area contributed by atoms with Crippen LogP contribution in [0.5, 0.6) is 0 Å². The summed E-state index contributed by atoms with van der Waals surface area (Å²) in [6, 6.07) is 19.1. The highest BCUT2D eigenvalue weighted by Gasteiger charge is 2.55. The number of halogens is 2. The molecule has 0 atom stereocenters. The number of nitrogens with one attached hydrogen (secondary N) is 1. The Hall–Kier alpha value is -4.05. The molecule has 0 spiro atoms. The van der Waals surface area contributed by atoms with Crippen LogP contribution in [0.3, 0.4) is 0 Å². The Morgan fingerprint density at radius 3 is 2.19 bits per heavy atom. The fourth-order valence-corrected chi connectivity index (χ4v) is 5.22. The summed E-state index contributed by atoms with van der Waals surface area (Å²) in [5, 5.41) is 12.1. The number of carbonyl (C=O) groups excluding carboxylic acids is 2. The van der Waals surface area contributed by atoms with Crippen LogP contribution in [0.1, 0.15) is 41.6 Å². The summed E-state index contributed by atoms with van der Waals surface area (Å²) < 4.78 is 27.1. The van der Waals surface area contributed by atoms with Gasteiger partial charge in [0.2, 0.25) is 5.91 Å². The number of likely N-dealkylation sites (tertiary alicyclic amines) is 1. The van der Waals surface area contributed by atoms with Gasteiger partial charge in [-0.3, -0.25) is 9.59 Å². The molecule has 1 heterocycles. The van der Waals surface area contributed by atoms with Crippen molar-refractivity contribution >= 4 is 17.5 Å². The molecule has 2 aliphatic rings. The summed E-state index contributed by atoms with van der Waals surface area (Å²) in [7, 11) is 0. The number of benzene rings is 3. The van der Waals surface area contributed by atoms with Gasteiger partial charge in [-0.15, -0.1) is 0 Å². The monoisotopic (exact) mass is 485 g/mol. The summed E-state index contributed by atoms with van der Waals surface area (Å²) in [5.74, 6) is -1.18. The SMILES string of the molecule is N#Cc1cccc(C(=O)N2CCC(C3(C(=O)Nc4ccc(-c5cc(F)cc(F)c5)cc4)CC3)CC2)c1. The Balaban J connectivity index is 1.20. The highest BCUT2D eigenvalue weighted by atomic mass is 19.1. The van der Waals surface area contributed by atoms with Gasteiger partial charge in [0.25, 0.3) is 5.91 Å². The molecule has 1 aliphatic heterocycles. The maximum atomic E-state index is 13.5. The Morgan fingerprint density at radius 1 is 0.917 bits per heavy atom. The van der Waals surface area contributed by atoms with Gasteiger partial charge in [0.15, 0.2) is 0 Å². The molecule has 0 aromatic heterocycles. The van der Waals surface area contributed by atoms with Crippen molar-refractivity contribution < 1.29 is 18.4 Å². The molecular weight excluding hydrogens is 460 g/mol. The van der Waals surface area contributed by atoms with Crippen LogP contribution in [-0.4, -0.2) is 29.8 Å². The topological polar surface area (TPSA) is 73.2 Å². The standard InChI is InChI=1S/C29H25F2N3O2/c30-24-15-22(16-25(31)17-24)20-4-6-26(7-5-20)33-28(36)29(10-11-29)23-8-12-34(13-9-23)27(35)21-3-1-2-19(14-21)18-32/h1-7,14-17,23H,8-13H2,(H,33,36). The zero-order valence-electron chi connectivity index (χ0n) is 19.6. The van der Waals surface area contributed by atoms with E-state index in [1.54, 1.807) is 53.4 Å². The third-order valence-electron chi connectivity index (χ3n) is 7.38. The van der Waals surface area contributed by atoms with Gasteiger partial charge in [0.1, 0.15) is 11.6 Å². The number of rotatable bonds is 5. The Morgan fingerprint density at radius 2 is 1.58 bits per heavy atom. The first kappa shape index (κ1) is 23.7. The second kappa shape index (κ2) is 9.54. The molecule has 182 valence electrons. The third-order valence-corrected chi connectivity index (χ3v) is 7.38. The molecule has 1 N–H and O–H groups in total. The maximum Gasteiger partial charge on any atom is 0.253 e. The first-order valence-corrected chi connectivity index (χ1v) is 12.1. The van der Waals surface area contributed by atoms with Gasteiger partial charge >= 0.3 is 0 Å². The number of anilines is 1. The molecule has 3 aromatic carbocycles. The molecule has 0 unspecified atom stereocenters. The highest BCUT2D eigenvalue weighted by molar-refractivity contribution is 5.98. The zero-order chi connectivity index (χ0) is 25.3. The van der Waals surface area contributed by atoms with Crippen LogP contribution >= 0.6 is 0 Å². The minimum Gasteiger partial charge on any atom is -0.339 e. The van der Waals surface area contributed by atoms with E-state index in [1.165, 1.54) is 12.1 Å². The van der Waals surface area contributed by atoms with E-state index in [2.05, 4.69) is 11.4 Å². The number of hydrogen-bond donors (Lipinski definition) is 1. The largest absolute Gasteiger partial charge is 0.339 e. The second-order valence-corrected chi connectivity index (χ2v) is 9.60. The lowest BCUT2D eigenvalue weighted by Gasteiger charge is -2.36. The van der Waals surface area contributed by atoms with Crippen LogP contribution < -0.4 is 5.32 Å². The van der Waals surface area contributed by atoms with Crippen LogP contribution in [0.2, 0.25) is 0 Å². The van der Waals surface area contributed by atoms with E-state index in [9.17, 15) is 18.4 Å². The maximum absolute atomic E-state index is 13.5. The molecule has 5 nitrogen and oxygen atoms in total. The van der Waals surface area contributed by atoms with E-state index < -0.39 is 17.0 Å². The van der Waals surface area contributed by atoms with E-state index >= 15 is 0 Å². The average Bonchev–Trinajstić information content (AvgIpc) is 3.71. The molecule has 2 amide bonds. The van der Waals surface area contributed by atoms with Gasteiger partial charge in [-0.2, -0.15) is 5.26 Å². The predicted octanol–water partition coefficient (Wildman–Crippen LogP) is 5.77. The molecule has 0 radical (unpaired) electrons. The van der Waals surface area contributed by atoms with Gasteiger partial charge in [-0.05, 0) is 85.2 Å². The summed E-state index contributed by atoms with van der Waals surface area (Å²) in [6.07, 6.45) is 3.15. The van der Waals surface area contributed by atoms with Crippen LogP contribution in [0.4, 0.5) is 14.5 Å². The molecule has 1 saturated heterocycles. The van der Waals surface area contributed by atoms with Crippen LogP contribution in [-0.2, 0) is 4.79 Å². The molecule has 2 fully saturated rings. The number of piperidine rings is 1. The van der Waals surface area contributed by atoms with Gasteiger partial charge in [-0.1, -0.05) is 18.2 Å². The number of nitriles is 1. The van der Waals surface area contributed by atoms with Crippen LogP contribution in [0.25, 0.3) is 11.1 Å². The lowest BCUT2D eigenvalue weighted by atomic mass is 9.80. The Labute approximate surface area is 208 Å². The quantitative estimate of drug-likeness (QED) is 0.498. The molecule has 7 heteroatoms. The fourth-order valence-electron chi connectivity index (χ4n) is 5.22. The summed E-state index contributed by atoms with van der Waals surface area (Å²) >= 11 is 0. The van der Waals surface area contributed by atoms with Gasteiger partial charge in [0.05, 0.1) is 17.0 Å². The lowest BCUT2D eigenvalue weighted by molar-refractivity contribution is -0.123. The van der Waals surface area contributed by atoms with Gasteiger partial charge in [0, 0.05) is 30.4 Å². The average molecular weight is 486 g/mol. The number of amides is 2. The predicted molar refractivity (Wildman–Crippen MR) is 132 cm³/mol. The van der Waals surface area contributed by atoms with Gasteiger partial charge < -0.3 is 10.2 Å². The van der Waals surface area contributed by atoms with Gasteiger partial charge in [-0.25, -0.2) is 8.78 Å². The molecule has 1 saturated carbocycles. The molecule has 1 aliphatic carbocycles. The smallest absolute Gasteiger partial charge is 0.253 e. The van der Waals surface area contributed by atoms with Crippen molar-refractivity contribution in [2.24, 2.45) is 11.3 Å².